The summed E-state index contributed by atoms with van der Waals surface area (Å²) >= 11 is 1.29. The summed E-state index contributed by atoms with van der Waals surface area (Å²) in [6.07, 6.45) is 0.0182. The molecular weight excluding hydrogens is 329 g/mol. The topological polar surface area (TPSA) is 64.7 Å². The van der Waals surface area contributed by atoms with Crippen LogP contribution >= 0.6 is 11.8 Å². The van der Waals surface area contributed by atoms with Gasteiger partial charge >= 0.3 is 6.18 Å². The highest BCUT2D eigenvalue weighted by Crippen LogP contribution is 2.34. The highest BCUT2D eigenvalue weighted by Gasteiger charge is 2.32. The lowest BCUT2D eigenvalue weighted by molar-refractivity contribution is -0.137. The van der Waals surface area contributed by atoms with E-state index in [4.69, 9.17) is 0 Å². The molecule has 0 bridgehead atoms. The number of alkyl halides is 3. The lowest BCUT2D eigenvalue weighted by atomic mass is 10.1. The molecule has 23 heavy (non-hydrogen) atoms. The first-order chi connectivity index (χ1) is 11.0. The molecular formula is C14H9F3N4OS. The van der Waals surface area contributed by atoms with Gasteiger partial charge in [0.25, 0.3) is 0 Å². The Hall–Kier alpha value is -2.42. The average molecular weight is 338 g/mol. The van der Waals surface area contributed by atoms with Crippen molar-refractivity contribution in [3.05, 3.63) is 42.3 Å². The fourth-order valence-corrected chi connectivity index (χ4v) is 2.24. The molecule has 3 aromatic rings. The maximum atomic E-state index is 13.1. The molecule has 3 aromatic heterocycles. The number of pyridine rings is 1. The second-order valence-electron chi connectivity index (χ2n) is 4.44. The summed E-state index contributed by atoms with van der Waals surface area (Å²) in [4.78, 5) is 12.4. The average Bonchev–Trinajstić information content (AvgIpc) is 3.08. The van der Waals surface area contributed by atoms with Crippen LogP contribution in [-0.2, 0) is 6.18 Å². The van der Waals surface area contributed by atoms with Crippen molar-refractivity contribution in [2.75, 3.05) is 6.26 Å². The van der Waals surface area contributed by atoms with Crippen molar-refractivity contribution in [1.29, 1.82) is 0 Å². The molecule has 118 valence electrons. The Morgan fingerprint density at radius 3 is 2.35 bits per heavy atom. The van der Waals surface area contributed by atoms with E-state index in [1.54, 1.807) is 6.26 Å². The normalized spacial score (nSPS) is 11.7. The van der Waals surface area contributed by atoms with Crippen molar-refractivity contribution in [3.8, 4) is 22.8 Å². The highest BCUT2D eigenvalue weighted by molar-refractivity contribution is 7.98. The molecule has 3 rings (SSSR count). The van der Waals surface area contributed by atoms with Gasteiger partial charge in [-0.05, 0) is 24.5 Å². The van der Waals surface area contributed by atoms with Crippen molar-refractivity contribution in [1.82, 2.24) is 20.1 Å². The Balaban J connectivity index is 2.17. The molecule has 5 nitrogen and oxygen atoms in total. The first kappa shape index (κ1) is 15.5. The van der Waals surface area contributed by atoms with E-state index < -0.39 is 11.7 Å². The Kier molecular flexibility index (Phi) is 4.03. The van der Waals surface area contributed by atoms with Gasteiger partial charge in [0, 0.05) is 12.3 Å². The predicted octanol–water partition coefficient (Wildman–Crippen LogP) is 3.93. The monoisotopic (exact) mass is 338 g/mol. The smallest absolute Gasteiger partial charge is 0.364 e. The number of rotatable bonds is 3. The lowest BCUT2D eigenvalue weighted by Gasteiger charge is -2.10. The van der Waals surface area contributed by atoms with E-state index in [2.05, 4.69) is 24.6 Å². The minimum absolute atomic E-state index is 0.0629. The van der Waals surface area contributed by atoms with E-state index >= 15 is 0 Å². The number of nitrogens with zero attached hydrogens (tertiary/aromatic N) is 4. The van der Waals surface area contributed by atoms with Crippen LogP contribution in [0.5, 0.6) is 0 Å². The Labute approximate surface area is 133 Å². The van der Waals surface area contributed by atoms with Gasteiger partial charge in [0.1, 0.15) is 12.0 Å². The van der Waals surface area contributed by atoms with Crippen LogP contribution in [0.25, 0.3) is 22.8 Å². The second-order valence-corrected chi connectivity index (χ2v) is 5.21. The standard InChI is InChI=1S/C14H9F3N4OS/c1-23-13-18-4-2-9(20-13)11-6-8(14(15,16)17)7-12(19-11)10-3-5-22-21-10/h2-7H,1H3. The van der Waals surface area contributed by atoms with Crippen LogP contribution in [0.2, 0.25) is 0 Å². The van der Waals surface area contributed by atoms with Crippen LogP contribution in [0.15, 0.2) is 46.4 Å². The minimum Gasteiger partial charge on any atom is -0.364 e. The zero-order valence-corrected chi connectivity index (χ0v) is 12.5. The van der Waals surface area contributed by atoms with E-state index in [1.807, 2.05) is 0 Å². The van der Waals surface area contributed by atoms with Crippen LogP contribution in [0, 0.1) is 0 Å². The number of thioether (sulfide) groups is 1. The Bertz CT molecular complexity index is 821. The van der Waals surface area contributed by atoms with E-state index in [9.17, 15) is 13.2 Å². The van der Waals surface area contributed by atoms with Crippen molar-refractivity contribution < 1.29 is 17.7 Å². The van der Waals surface area contributed by atoms with Gasteiger partial charge < -0.3 is 4.52 Å². The quantitative estimate of drug-likeness (QED) is 0.532. The van der Waals surface area contributed by atoms with Crippen LogP contribution < -0.4 is 0 Å². The summed E-state index contributed by atoms with van der Waals surface area (Å²) < 4.78 is 44.1. The van der Waals surface area contributed by atoms with Gasteiger partial charge in [-0.15, -0.1) is 0 Å². The minimum atomic E-state index is -4.51. The van der Waals surface area contributed by atoms with Gasteiger partial charge in [-0.3, -0.25) is 0 Å². The van der Waals surface area contributed by atoms with Crippen molar-refractivity contribution in [2.45, 2.75) is 11.3 Å². The maximum absolute atomic E-state index is 13.1. The van der Waals surface area contributed by atoms with E-state index in [0.717, 1.165) is 12.1 Å². The Morgan fingerprint density at radius 2 is 1.74 bits per heavy atom. The molecule has 0 fully saturated rings. The molecule has 3 heterocycles. The molecule has 0 aliphatic heterocycles. The lowest BCUT2D eigenvalue weighted by Crippen LogP contribution is -2.07. The third-order valence-electron chi connectivity index (χ3n) is 2.93. The molecule has 0 aliphatic rings. The fraction of sp³-hybridized carbons (Fsp3) is 0.143. The molecule has 0 aromatic carbocycles. The van der Waals surface area contributed by atoms with Gasteiger partial charge in [0.15, 0.2) is 5.16 Å². The molecule has 0 saturated heterocycles. The molecule has 0 aliphatic carbocycles. The molecule has 0 saturated carbocycles. The summed E-state index contributed by atoms with van der Waals surface area (Å²) in [7, 11) is 0. The summed E-state index contributed by atoms with van der Waals surface area (Å²) in [6.45, 7) is 0. The third-order valence-corrected chi connectivity index (χ3v) is 3.49. The first-order valence-electron chi connectivity index (χ1n) is 6.35. The summed E-state index contributed by atoms with van der Waals surface area (Å²) in [5, 5.41) is 4.09. The van der Waals surface area contributed by atoms with E-state index in [1.165, 1.54) is 36.4 Å². The van der Waals surface area contributed by atoms with Gasteiger partial charge in [0.2, 0.25) is 0 Å². The SMILES string of the molecule is CSc1nccc(-c2cc(C(F)(F)F)cc(-c3ccon3)n2)n1. The fourth-order valence-electron chi connectivity index (χ4n) is 1.88. The second kappa shape index (κ2) is 5.99. The molecule has 0 amide bonds. The predicted molar refractivity (Wildman–Crippen MR) is 77.5 cm³/mol. The van der Waals surface area contributed by atoms with Crippen LogP contribution in [-0.4, -0.2) is 26.4 Å². The van der Waals surface area contributed by atoms with E-state index in [0.29, 0.717) is 10.9 Å². The zero-order valence-electron chi connectivity index (χ0n) is 11.7. The third kappa shape index (κ3) is 3.34. The zero-order chi connectivity index (χ0) is 16.4. The molecule has 0 atom stereocenters. The summed E-state index contributed by atoms with van der Waals surface area (Å²) in [5.41, 5.74) is -0.148. The molecule has 0 spiro atoms. The van der Waals surface area contributed by atoms with Crippen molar-refractivity contribution >= 4 is 11.8 Å². The largest absolute Gasteiger partial charge is 0.416 e. The van der Waals surface area contributed by atoms with Crippen molar-refractivity contribution in [3.63, 3.8) is 0 Å². The Morgan fingerprint density at radius 1 is 1.00 bits per heavy atom. The molecule has 0 radical (unpaired) electrons. The van der Waals surface area contributed by atoms with Gasteiger partial charge in [-0.25, -0.2) is 15.0 Å². The van der Waals surface area contributed by atoms with Crippen LogP contribution in [0.1, 0.15) is 5.56 Å². The van der Waals surface area contributed by atoms with E-state index in [-0.39, 0.29) is 17.1 Å². The summed E-state index contributed by atoms with van der Waals surface area (Å²) in [6, 6.07) is 4.84. The van der Waals surface area contributed by atoms with Gasteiger partial charge in [-0.1, -0.05) is 16.9 Å². The maximum Gasteiger partial charge on any atom is 0.416 e. The number of halogens is 3. The first-order valence-corrected chi connectivity index (χ1v) is 7.57. The number of hydrogen-bond acceptors (Lipinski definition) is 6. The van der Waals surface area contributed by atoms with Crippen LogP contribution in [0.4, 0.5) is 13.2 Å². The van der Waals surface area contributed by atoms with Gasteiger partial charge in [0.05, 0.1) is 22.6 Å². The van der Waals surface area contributed by atoms with Gasteiger partial charge in [-0.2, -0.15) is 13.2 Å². The molecule has 0 unspecified atom stereocenters. The number of aromatic nitrogens is 4. The molecule has 9 heteroatoms. The number of hydrogen-bond donors (Lipinski definition) is 0. The molecule has 0 N–H and O–H groups in total. The van der Waals surface area contributed by atoms with Crippen LogP contribution in [0.3, 0.4) is 0 Å². The summed E-state index contributed by atoms with van der Waals surface area (Å²) in [5.74, 6) is 0. The highest BCUT2D eigenvalue weighted by atomic mass is 32.2. The van der Waals surface area contributed by atoms with Crippen molar-refractivity contribution in [2.24, 2.45) is 0 Å².